The zero-order chi connectivity index (χ0) is 8.97. The molecule has 0 bridgehead atoms. The fraction of sp³-hybridized carbons (Fsp3) is 0.125. The lowest BCUT2D eigenvalue weighted by atomic mass is 10.2. The Hall–Kier alpha value is -0.970. The maximum Gasteiger partial charge on any atom is 0.190 e. The van der Waals surface area contributed by atoms with Gasteiger partial charge in [-0.3, -0.25) is 5.41 Å². The molecular weight excluding hydrogens is 223 g/mol. The van der Waals surface area contributed by atoms with Crippen molar-refractivity contribution in [1.82, 2.24) is 0 Å². The zero-order valence-corrected chi connectivity index (χ0v) is 9.12. The molecule has 0 saturated carbocycles. The molecule has 6 N–H and O–H groups in total. The Morgan fingerprint density at radius 1 is 1.21 bits per heavy atom. The monoisotopic (exact) mass is 236 g/mol. The minimum atomic E-state index is -0.0597. The number of nitrogens with two attached hydrogens (primary N) is 2. The van der Waals surface area contributed by atoms with Gasteiger partial charge in [0.1, 0.15) is 0 Å². The van der Waals surface area contributed by atoms with E-state index in [1.165, 1.54) is 0 Å². The van der Waals surface area contributed by atoms with E-state index in [4.69, 9.17) is 16.9 Å². The summed E-state index contributed by atoms with van der Waals surface area (Å²) >= 11 is 0. The second-order valence-electron chi connectivity index (χ2n) is 2.44. The van der Waals surface area contributed by atoms with Gasteiger partial charge in [-0.2, -0.15) is 0 Å². The molecular formula is C8H14Cl2N4. The van der Waals surface area contributed by atoms with E-state index >= 15 is 0 Å². The summed E-state index contributed by atoms with van der Waals surface area (Å²) in [7, 11) is 0. The van der Waals surface area contributed by atoms with E-state index in [-0.39, 0.29) is 30.8 Å². The Labute approximate surface area is 95.4 Å². The summed E-state index contributed by atoms with van der Waals surface area (Å²) in [6.45, 7) is 0.528. The van der Waals surface area contributed by atoms with Gasteiger partial charge in [0.2, 0.25) is 0 Å². The number of rotatable bonds is 2. The van der Waals surface area contributed by atoms with Crippen molar-refractivity contribution in [1.29, 1.82) is 5.41 Å². The highest BCUT2D eigenvalue weighted by Crippen LogP contribution is 2.07. The predicted molar refractivity (Wildman–Crippen MR) is 64.4 cm³/mol. The summed E-state index contributed by atoms with van der Waals surface area (Å²) in [5.74, 6) is -0.0597. The molecule has 1 aromatic rings. The molecule has 4 nitrogen and oxygen atoms in total. The topological polar surface area (TPSA) is 87.9 Å². The molecule has 6 heteroatoms. The van der Waals surface area contributed by atoms with E-state index in [2.05, 4.69) is 5.32 Å². The van der Waals surface area contributed by atoms with Gasteiger partial charge in [0, 0.05) is 12.2 Å². The fourth-order valence-electron chi connectivity index (χ4n) is 0.880. The molecule has 0 aliphatic carbocycles. The molecule has 0 saturated heterocycles. The van der Waals surface area contributed by atoms with Crippen LogP contribution in [0, 0.1) is 5.41 Å². The first kappa shape index (κ1) is 15.5. The third-order valence-electron chi connectivity index (χ3n) is 1.47. The number of hydrogen-bond donors (Lipinski definition) is 4. The third kappa shape index (κ3) is 4.91. The SMILES string of the molecule is Cl.Cl.N=C(N)Nc1ccc(CN)cc1. The van der Waals surface area contributed by atoms with E-state index in [0.717, 1.165) is 11.3 Å². The van der Waals surface area contributed by atoms with Gasteiger partial charge in [0.05, 0.1) is 0 Å². The Bertz CT molecular complexity index is 273. The van der Waals surface area contributed by atoms with Crippen molar-refractivity contribution in [2.24, 2.45) is 11.5 Å². The number of benzene rings is 1. The van der Waals surface area contributed by atoms with Crippen LogP contribution in [0.15, 0.2) is 24.3 Å². The van der Waals surface area contributed by atoms with Crippen LogP contribution in [0.1, 0.15) is 5.56 Å². The molecule has 14 heavy (non-hydrogen) atoms. The van der Waals surface area contributed by atoms with Crippen LogP contribution in [0.5, 0.6) is 0 Å². The summed E-state index contributed by atoms with van der Waals surface area (Å²) in [5.41, 5.74) is 12.4. The summed E-state index contributed by atoms with van der Waals surface area (Å²) in [6.07, 6.45) is 0. The van der Waals surface area contributed by atoms with Crippen LogP contribution in [-0.2, 0) is 6.54 Å². The predicted octanol–water partition coefficient (Wildman–Crippen LogP) is 1.29. The minimum absolute atomic E-state index is 0. The highest BCUT2D eigenvalue weighted by molar-refractivity contribution is 5.89. The summed E-state index contributed by atoms with van der Waals surface area (Å²) in [4.78, 5) is 0. The molecule has 0 aliphatic rings. The molecule has 0 heterocycles. The van der Waals surface area contributed by atoms with Gasteiger partial charge in [-0.1, -0.05) is 12.1 Å². The van der Waals surface area contributed by atoms with Crippen LogP contribution in [-0.4, -0.2) is 5.96 Å². The van der Waals surface area contributed by atoms with Crippen molar-refractivity contribution in [2.75, 3.05) is 5.32 Å². The van der Waals surface area contributed by atoms with Gasteiger partial charge in [-0.15, -0.1) is 24.8 Å². The van der Waals surface area contributed by atoms with Crippen LogP contribution in [0.3, 0.4) is 0 Å². The highest BCUT2D eigenvalue weighted by atomic mass is 35.5. The molecule has 0 aliphatic heterocycles. The summed E-state index contributed by atoms with van der Waals surface area (Å²) in [6, 6.07) is 7.46. The fourth-order valence-corrected chi connectivity index (χ4v) is 0.880. The standard InChI is InChI=1S/C8H12N4.2ClH/c9-5-6-1-3-7(4-2-6)12-8(10)11;;/h1-4H,5,9H2,(H4,10,11,12);2*1H. The van der Waals surface area contributed by atoms with Crippen molar-refractivity contribution in [3.63, 3.8) is 0 Å². The van der Waals surface area contributed by atoms with Crippen molar-refractivity contribution >= 4 is 36.5 Å². The number of hydrogen-bond acceptors (Lipinski definition) is 2. The average molecular weight is 237 g/mol. The summed E-state index contributed by atoms with van der Waals surface area (Å²) < 4.78 is 0. The van der Waals surface area contributed by atoms with Gasteiger partial charge >= 0.3 is 0 Å². The molecule has 0 aromatic heterocycles. The Balaban J connectivity index is 0. The van der Waals surface area contributed by atoms with Crippen molar-refractivity contribution in [2.45, 2.75) is 6.54 Å². The van der Waals surface area contributed by atoms with Crippen molar-refractivity contribution in [3.05, 3.63) is 29.8 Å². The number of halogens is 2. The quantitative estimate of drug-likeness (QED) is 0.461. The molecule has 0 atom stereocenters. The van der Waals surface area contributed by atoms with E-state index in [9.17, 15) is 0 Å². The molecule has 0 fully saturated rings. The number of nitrogens with one attached hydrogen (secondary N) is 2. The second kappa shape index (κ2) is 7.44. The maximum absolute atomic E-state index is 6.97. The van der Waals surface area contributed by atoms with E-state index in [0.29, 0.717) is 6.54 Å². The minimum Gasteiger partial charge on any atom is -0.370 e. The molecule has 0 radical (unpaired) electrons. The van der Waals surface area contributed by atoms with Gasteiger partial charge in [0.25, 0.3) is 0 Å². The lowest BCUT2D eigenvalue weighted by molar-refractivity contribution is 1.07. The number of guanidine groups is 1. The summed E-state index contributed by atoms with van der Waals surface area (Å²) in [5, 5.41) is 9.65. The van der Waals surface area contributed by atoms with E-state index in [1.54, 1.807) is 0 Å². The lowest BCUT2D eigenvalue weighted by Crippen LogP contribution is -2.20. The maximum atomic E-state index is 6.97. The van der Waals surface area contributed by atoms with Crippen LogP contribution in [0.25, 0.3) is 0 Å². The highest BCUT2D eigenvalue weighted by Gasteiger charge is 1.92. The average Bonchev–Trinajstić information content (AvgIpc) is 2.05. The Morgan fingerprint density at radius 2 is 1.71 bits per heavy atom. The Kier molecular flexibility index (Phi) is 8.23. The van der Waals surface area contributed by atoms with Crippen LogP contribution in [0.2, 0.25) is 0 Å². The first-order valence-electron chi connectivity index (χ1n) is 3.62. The lowest BCUT2D eigenvalue weighted by Gasteiger charge is -2.03. The van der Waals surface area contributed by atoms with Gasteiger partial charge in [0.15, 0.2) is 5.96 Å². The Morgan fingerprint density at radius 3 is 2.07 bits per heavy atom. The molecule has 0 spiro atoms. The van der Waals surface area contributed by atoms with Crippen molar-refractivity contribution < 1.29 is 0 Å². The molecule has 0 unspecified atom stereocenters. The van der Waals surface area contributed by atoms with Crippen LogP contribution < -0.4 is 16.8 Å². The van der Waals surface area contributed by atoms with Crippen molar-refractivity contribution in [3.8, 4) is 0 Å². The van der Waals surface area contributed by atoms with E-state index < -0.39 is 0 Å². The van der Waals surface area contributed by atoms with Crippen LogP contribution >= 0.6 is 24.8 Å². The first-order valence-corrected chi connectivity index (χ1v) is 3.62. The molecule has 1 aromatic carbocycles. The largest absolute Gasteiger partial charge is 0.370 e. The molecule has 1 rings (SSSR count). The van der Waals surface area contributed by atoms with E-state index in [1.807, 2.05) is 24.3 Å². The zero-order valence-electron chi connectivity index (χ0n) is 7.49. The molecule has 0 amide bonds. The van der Waals surface area contributed by atoms with Gasteiger partial charge in [-0.05, 0) is 17.7 Å². The molecule has 80 valence electrons. The van der Waals surface area contributed by atoms with Gasteiger partial charge in [-0.25, -0.2) is 0 Å². The third-order valence-corrected chi connectivity index (χ3v) is 1.47. The smallest absolute Gasteiger partial charge is 0.190 e. The first-order chi connectivity index (χ1) is 5.72. The van der Waals surface area contributed by atoms with Gasteiger partial charge < -0.3 is 16.8 Å². The second-order valence-corrected chi connectivity index (χ2v) is 2.44. The van der Waals surface area contributed by atoms with Crippen LogP contribution in [0.4, 0.5) is 5.69 Å². The normalized spacial score (nSPS) is 8.07. The number of anilines is 1.